The number of ether oxygens (including phenoxy) is 1. The number of hydrogen-bond donors (Lipinski definition) is 4. The highest BCUT2D eigenvalue weighted by Gasteiger charge is 2.21. The van der Waals surface area contributed by atoms with E-state index in [-0.39, 0.29) is 25.4 Å². The van der Waals surface area contributed by atoms with Crippen molar-refractivity contribution in [2.45, 2.75) is 32.2 Å². The molecule has 0 radical (unpaired) electrons. The summed E-state index contributed by atoms with van der Waals surface area (Å²) in [5, 5.41) is 22.8. The average Bonchev–Trinajstić information content (AvgIpc) is 2.62. The van der Waals surface area contributed by atoms with Crippen LogP contribution in [0.25, 0.3) is 0 Å². The van der Waals surface area contributed by atoms with Crippen LogP contribution in [0.4, 0.5) is 10.6 Å². The fourth-order valence-corrected chi connectivity index (χ4v) is 2.30. The summed E-state index contributed by atoms with van der Waals surface area (Å²) in [6.45, 7) is 2.11. The van der Waals surface area contributed by atoms with Gasteiger partial charge >= 0.3 is 6.09 Å². The van der Waals surface area contributed by atoms with Gasteiger partial charge in [0.15, 0.2) is 0 Å². The molecule has 0 aliphatic rings. The second-order valence-corrected chi connectivity index (χ2v) is 5.73. The summed E-state index contributed by atoms with van der Waals surface area (Å²) in [5.41, 5.74) is 7.56. The number of benzene rings is 1. The molecule has 0 saturated heterocycles. The summed E-state index contributed by atoms with van der Waals surface area (Å²) in [5.74, 6) is 0.273. The number of alkyl carbamates (subject to hydrolysis) is 1. The molecular formula is C18H23N3O4. The van der Waals surface area contributed by atoms with Crippen LogP contribution >= 0.6 is 0 Å². The summed E-state index contributed by atoms with van der Waals surface area (Å²) >= 11 is 0. The van der Waals surface area contributed by atoms with Gasteiger partial charge in [-0.15, -0.1) is 0 Å². The number of aliphatic hydroxyl groups is 2. The number of aryl methyl sites for hydroxylation is 1. The minimum atomic E-state index is -1.18. The second kappa shape index (κ2) is 9.00. The van der Waals surface area contributed by atoms with E-state index in [2.05, 4.69) is 10.3 Å². The van der Waals surface area contributed by atoms with Gasteiger partial charge in [-0.05, 0) is 30.5 Å². The van der Waals surface area contributed by atoms with Gasteiger partial charge in [0, 0.05) is 6.54 Å². The van der Waals surface area contributed by atoms with Gasteiger partial charge in [0.2, 0.25) is 0 Å². The zero-order chi connectivity index (χ0) is 18.2. The number of aromatic nitrogens is 1. The molecule has 0 saturated carbocycles. The molecule has 2 atom stereocenters. The lowest BCUT2D eigenvalue weighted by molar-refractivity contribution is 0.0108. The van der Waals surface area contributed by atoms with Gasteiger partial charge in [0.05, 0.1) is 11.8 Å². The Morgan fingerprint density at radius 3 is 2.68 bits per heavy atom. The van der Waals surface area contributed by atoms with Crippen molar-refractivity contribution < 1.29 is 19.7 Å². The van der Waals surface area contributed by atoms with E-state index in [0.717, 1.165) is 11.1 Å². The van der Waals surface area contributed by atoms with E-state index in [1.54, 1.807) is 19.1 Å². The van der Waals surface area contributed by atoms with Gasteiger partial charge in [0.25, 0.3) is 0 Å². The molecule has 5 N–H and O–H groups in total. The first-order valence-electron chi connectivity index (χ1n) is 8.01. The molecule has 2 unspecified atom stereocenters. The van der Waals surface area contributed by atoms with E-state index >= 15 is 0 Å². The minimum absolute atomic E-state index is 0.150. The summed E-state index contributed by atoms with van der Waals surface area (Å²) in [6.07, 6.45) is -2.69. The van der Waals surface area contributed by atoms with E-state index in [0.29, 0.717) is 5.69 Å². The largest absolute Gasteiger partial charge is 0.445 e. The number of carbonyl (C=O) groups excluding carboxylic acids is 1. The third-order valence-electron chi connectivity index (χ3n) is 3.72. The Labute approximate surface area is 146 Å². The van der Waals surface area contributed by atoms with Crippen LogP contribution in [-0.4, -0.2) is 33.9 Å². The van der Waals surface area contributed by atoms with Crippen LogP contribution < -0.4 is 11.1 Å². The van der Waals surface area contributed by atoms with E-state index in [4.69, 9.17) is 10.5 Å². The van der Waals surface area contributed by atoms with Crippen molar-refractivity contribution in [1.82, 2.24) is 10.3 Å². The Morgan fingerprint density at radius 2 is 1.96 bits per heavy atom. The number of anilines is 1. The molecule has 7 heteroatoms. The minimum Gasteiger partial charge on any atom is -0.445 e. The lowest BCUT2D eigenvalue weighted by atomic mass is 10.0. The van der Waals surface area contributed by atoms with E-state index in [1.165, 1.54) is 0 Å². The van der Waals surface area contributed by atoms with E-state index in [9.17, 15) is 15.0 Å². The Hall–Kier alpha value is -2.64. The summed E-state index contributed by atoms with van der Waals surface area (Å²) in [7, 11) is 0. The normalized spacial score (nSPS) is 13.1. The van der Waals surface area contributed by atoms with Gasteiger partial charge < -0.3 is 26.0 Å². The van der Waals surface area contributed by atoms with Crippen LogP contribution in [0.2, 0.25) is 0 Å². The number of hydrogen-bond acceptors (Lipinski definition) is 6. The molecule has 0 aliphatic carbocycles. The molecule has 1 aromatic carbocycles. The molecule has 0 aliphatic heterocycles. The predicted octanol–water partition coefficient (Wildman–Crippen LogP) is 1.68. The van der Waals surface area contributed by atoms with Crippen molar-refractivity contribution in [3.05, 3.63) is 59.3 Å². The number of nitrogen functional groups attached to an aromatic ring is 1. The maximum atomic E-state index is 11.6. The third-order valence-corrected chi connectivity index (χ3v) is 3.72. The standard InChI is InChI=1S/C18H23N3O4/c1-12-7-8-15(19)21-16(12)17(23)14(22)9-10-20-18(24)25-11-13-5-3-2-4-6-13/h2-8,14,17,22-23H,9-11H2,1H3,(H2,19,21)(H,20,24). The van der Waals surface area contributed by atoms with Crippen LogP contribution in [0.5, 0.6) is 0 Å². The summed E-state index contributed by atoms with van der Waals surface area (Å²) in [6, 6.07) is 12.7. The molecule has 1 aromatic heterocycles. The molecule has 7 nitrogen and oxygen atoms in total. The lowest BCUT2D eigenvalue weighted by Crippen LogP contribution is -2.30. The van der Waals surface area contributed by atoms with Crippen LogP contribution in [0.1, 0.15) is 29.3 Å². The van der Waals surface area contributed by atoms with Crippen LogP contribution in [0.15, 0.2) is 42.5 Å². The molecule has 2 rings (SSSR count). The highest BCUT2D eigenvalue weighted by molar-refractivity contribution is 5.67. The van der Waals surface area contributed by atoms with Crippen molar-refractivity contribution >= 4 is 11.9 Å². The first-order chi connectivity index (χ1) is 12.0. The van der Waals surface area contributed by atoms with Crippen molar-refractivity contribution in [3.8, 4) is 0 Å². The zero-order valence-corrected chi connectivity index (χ0v) is 14.1. The molecule has 134 valence electrons. The van der Waals surface area contributed by atoms with Crippen LogP contribution in [-0.2, 0) is 11.3 Å². The van der Waals surface area contributed by atoms with Gasteiger partial charge in [-0.3, -0.25) is 0 Å². The van der Waals surface area contributed by atoms with E-state index < -0.39 is 18.3 Å². The summed E-state index contributed by atoms with van der Waals surface area (Å²) in [4.78, 5) is 15.7. The van der Waals surface area contributed by atoms with Gasteiger partial charge in [-0.2, -0.15) is 0 Å². The third kappa shape index (κ3) is 5.74. The average molecular weight is 345 g/mol. The zero-order valence-electron chi connectivity index (χ0n) is 14.1. The number of nitrogens with one attached hydrogen (secondary N) is 1. The fourth-order valence-electron chi connectivity index (χ4n) is 2.30. The van der Waals surface area contributed by atoms with Gasteiger partial charge in [-0.25, -0.2) is 9.78 Å². The molecule has 2 aromatic rings. The number of nitrogens with two attached hydrogens (primary N) is 1. The Morgan fingerprint density at radius 1 is 1.24 bits per heavy atom. The smallest absolute Gasteiger partial charge is 0.407 e. The maximum Gasteiger partial charge on any atom is 0.407 e. The highest BCUT2D eigenvalue weighted by atomic mass is 16.5. The van der Waals surface area contributed by atoms with Crippen molar-refractivity contribution in [2.75, 3.05) is 12.3 Å². The van der Waals surface area contributed by atoms with E-state index in [1.807, 2.05) is 30.3 Å². The highest BCUT2D eigenvalue weighted by Crippen LogP contribution is 2.21. The monoisotopic (exact) mass is 345 g/mol. The SMILES string of the molecule is Cc1ccc(N)nc1C(O)C(O)CCNC(=O)OCc1ccccc1. The number of carbonyl (C=O) groups is 1. The second-order valence-electron chi connectivity index (χ2n) is 5.73. The first-order valence-corrected chi connectivity index (χ1v) is 8.01. The molecule has 0 fully saturated rings. The van der Waals surface area contributed by atoms with Crippen LogP contribution in [0.3, 0.4) is 0 Å². The number of amides is 1. The molecule has 25 heavy (non-hydrogen) atoms. The number of nitrogens with zero attached hydrogens (tertiary/aromatic N) is 1. The molecule has 1 amide bonds. The van der Waals surface area contributed by atoms with Gasteiger partial charge in [-0.1, -0.05) is 36.4 Å². The van der Waals surface area contributed by atoms with Crippen molar-refractivity contribution in [1.29, 1.82) is 0 Å². The molecule has 0 bridgehead atoms. The fraction of sp³-hybridized carbons (Fsp3) is 0.333. The number of pyridine rings is 1. The quantitative estimate of drug-likeness (QED) is 0.606. The van der Waals surface area contributed by atoms with Crippen molar-refractivity contribution in [3.63, 3.8) is 0 Å². The number of rotatable bonds is 7. The number of aliphatic hydroxyl groups excluding tert-OH is 2. The molecule has 1 heterocycles. The molecule has 0 spiro atoms. The lowest BCUT2D eigenvalue weighted by Gasteiger charge is -2.19. The topological polar surface area (TPSA) is 118 Å². The van der Waals surface area contributed by atoms with Crippen molar-refractivity contribution in [2.24, 2.45) is 0 Å². The van der Waals surface area contributed by atoms with Crippen LogP contribution in [0, 0.1) is 6.92 Å². The Bertz CT molecular complexity index is 694. The Kier molecular flexibility index (Phi) is 6.73. The summed E-state index contributed by atoms with van der Waals surface area (Å²) < 4.78 is 5.07. The first kappa shape index (κ1) is 18.7. The van der Waals surface area contributed by atoms with Gasteiger partial charge in [0.1, 0.15) is 18.5 Å². The molecular weight excluding hydrogens is 322 g/mol. The maximum absolute atomic E-state index is 11.6. The Balaban J connectivity index is 1.75. The predicted molar refractivity (Wildman–Crippen MR) is 93.6 cm³/mol.